The Morgan fingerprint density at radius 3 is 2.35 bits per heavy atom. The lowest BCUT2D eigenvalue weighted by atomic mass is 10.1. The molecule has 0 atom stereocenters. The monoisotopic (exact) mass is 604 g/mol. The molecule has 0 radical (unpaired) electrons. The Labute approximate surface area is 251 Å². The largest absolute Gasteiger partial charge is 0.477 e. The van der Waals surface area contributed by atoms with Crippen molar-refractivity contribution in [3.63, 3.8) is 0 Å². The van der Waals surface area contributed by atoms with E-state index in [1.165, 1.54) is 22.9 Å². The maximum absolute atomic E-state index is 15.7. The first kappa shape index (κ1) is 28.6. The zero-order chi connectivity index (χ0) is 30.2. The van der Waals surface area contributed by atoms with Crippen molar-refractivity contribution in [2.75, 3.05) is 49.1 Å². The number of hydrogen-bond acceptors (Lipinski definition) is 6. The summed E-state index contributed by atoms with van der Waals surface area (Å²) in [4.78, 5) is 38.8. The molecule has 0 bridgehead atoms. The van der Waals surface area contributed by atoms with Crippen LogP contribution in [0.3, 0.4) is 0 Å². The molecule has 2 aliphatic rings. The van der Waals surface area contributed by atoms with Crippen LogP contribution < -0.4 is 15.2 Å². The van der Waals surface area contributed by atoms with Gasteiger partial charge in [-0.1, -0.05) is 23.7 Å². The number of halogens is 3. The van der Waals surface area contributed by atoms with Crippen LogP contribution in [0.1, 0.15) is 28.8 Å². The van der Waals surface area contributed by atoms with Crippen molar-refractivity contribution in [3.05, 3.63) is 98.2 Å². The lowest BCUT2D eigenvalue weighted by Crippen LogP contribution is -2.47. The summed E-state index contributed by atoms with van der Waals surface area (Å²) in [6.07, 6.45) is 4.75. The van der Waals surface area contributed by atoms with Gasteiger partial charge in [-0.05, 0) is 55.8 Å². The zero-order valence-corrected chi connectivity index (χ0v) is 23.8. The summed E-state index contributed by atoms with van der Waals surface area (Å²) >= 11 is 6.85. The second-order valence-electron chi connectivity index (χ2n) is 10.7. The lowest BCUT2D eigenvalue weighted by molar-refractivity contribution is 0.0695. The number of carboxylic acid groups (broad SMARTS) is 1. The fourth-order valence-corrected chi connectivity index (χ4v) is 6.27. The van der Waals surface area contributed by atoms with E-state index in [2.05, 4.69) is 14.7 Å². The molecule has 12 heteroatoms. The summed E-state index contributed by atoms with van der Waals surface area (Å²) in [6, 6.07) is 9.12. The fraction of sp³-hybridized carbons (Fsp3) is 0.290. The highest BCUT2D eigenvalue weighted by molar-refractivity contribution is 6.38. The van der Waals surface area contributed by atoms with Gasteiger partial charge >= 0.3 is 5.97 Å². The summed E-state index contributed by atoms with van der Waals surface area (Å²) in [5, 5.41) is 9.37. The molecule has 4 heterocycles. The number of anilines is 2. The molecule has 0 saturated carbocycles. The molecule has 4 aromatic rings. The van der Waals surface area contributed by atoms with Gasteiger partial charge in [-0.3, -0.25) is 14.7 Å². The molecule has 0 amide bonds. The predicted octanol–water partition coefficient (Wildman–Crippen LogP) is 5.49. The van der Waals surface area contributed by atoms with Crippen LogP contribution in [-0.2, 0) is 6.54 Å². The van der Waals surface area contributed by atoms with Crippen LogP contribution in [0, 0.1) is 18.2 Å². The molecule has 0 spiro atoms. The van der Waals surface area contributed by atoms with E-state index in [1.54, 1.807) is 23.1 Å². The van der Waals surface area contributed by atoms with E-state index < -0.39 is 28.6 Å². The van der Waals surface area contributed by atoms with Gasteiger partial charge in [-0.15, -0.1) is 0 Å². The number of benzene rings is 2. The average Bonchev–Trinajstić information content (AvgIpc) is 3.51. The molecular formula is C31H27ClF2N6O3. The van der Waals surface area contributed by atoms with Crippen molar-refractivity contribution >= 4 is 45.7 Å². The molecule has 43 heavy (non-hydrogen) atoms. The van der Waals surface area contributed by atoms with Crippen LogP contribution in [-0.4, -0.2) is 64.8 Å². The van der Waals surface area contributed by atoms with Crippen LogP contribution >= 0.6 is 11.6 Å². The Hall–Kier alpha value is -4.53. The van der Waals surface area contributed by atoms with Gasteiger partial charge in [-0.2, -0.15) is 0 Å². The van der Waals surface area contributed by atoms with Gasteiger partial charge in [0.05, 0.1) is 33.9 Å². The summed E-state index contributed by atoms with van der Waals surface area (Å²) in [7, 11) is 0. The molecule has 0 aliphatic carbocycles. The Balaban J connectivity index is 1.40. The van der Waals surface area contributed by atoms with Crippen molar-refractivity contribution in [1.29, 1.82) is 0 Å². The van der Waals surface area contributed by atoms with Gasteiger partial charge in [0, 0.05) is 45.1 Å². The van der Waals surface area contributed by atoms with Crippen LogP contribution in [0.2, 0.25) is 5.02 Å². The Bertz CT molecular complexity index is 1830. The van der Waals surface area contributed by atoms with Crippen molar-refractivity contribution in [1.82, 2.24) is 14.5 Å². The number of aromatic nitrogens is 2. The van der Waals surface area contributed by atoms with Gasteiger partial charge in [-0.25, -0.2) is 18.4 Å². The molecule has 2 aromatic carbocycles. The standard InChI is InChI=1S/C31H27ClF2N6O3/c1-35-20-5-7-26(36-16-20)38-10-12-39(13-11-38)29-24(34)15-21-28(27(29)32)40(18-22(30(21)41)31(42)43)25-6-4-19(14-23(25)33)17-37-8-2-3-9-37/h4-7,14-16,18H,2-3,8-13,17H2,(H,42,43). The van der Waals surface area contributed by atoms with Gasteiger partial charge < -0.3 is 19.5 Å². The number of nitrogens with zero attached hydrogens (tertiary/aromatic N) is 6. The minimum absolute atomic E-state index is 0.00381. The molecule has 1 N–H and O–H groups in total. The highest BCUT2D eigenvalue weighted by atomic mass is 35.5. The first-order chi connectivity index (χ1) is 20.7. The van der Waals surface area contributed by atoms with Gasteiger partial charge in [0.25, 0.3) is 0 Å². The fourth-order valence-electron chi connectivity index (χ4n) is 5.87. The predicted molar refractivity (Wildman–Crippen MR) is 161 cm³/mol. The van der Waals surface area contributed by atoms with E-state index in [0.717, 1.165) is 43.8 Å². The number of likely N-dealkylation sites (tertiary alicyclic amines) is 1. The molecular weight excluding hydrogens is 578 g/mol. The first-order valence-corrected chi connectivity index (χ1v) is 14.3. The SMILES string of the molecule is [C-]#[N+]c1ccc(N2CCN(c3c(F)cc4c(=O)c(C(=O)O)cn(-c5ccc(CN6CCCC6)cc5F)c4c3Cl)CC2)nc1. The minimum atomic E-state index is -1.51. The number of aromatic carboxylic acids is 1. The van der Waals surface area contributed by atoms with Crippen molar-refractivity contribution in [2.45, 2.75) is 19.4 Å². The van der Waals surface area contributed by atoms with E-state index in [1.807, 2.05) is 4.90 Å². The molecule has 2 aliphatic heterocycles. The third kappa shape index (κ3) is 5.40. The maximum atomic E-state index is 15.7. The van der Waals surface area contributed by atoms with E-state index >= 15 is 8.78 Å². The highest BCUT2D eigenvalue weighted by Crippen LogP contribution is 2.38. The Morgan fingerprint density at radius 2 is 1.72 bits per heavy atom. The normalized spacial score (nSPS) is 15.7. The zero-order valence-electron chi connectivity index (χ0n) is 23.1. The molecule has 0 unspecified atom stereocenters. The van der Waals surface area contributed by atoms with Crippen molar-refractivity contribution in [3.8, 4) is 5.69 Å². The van der Waals surface area contributed by atoms with Crippen molar-refractivity contribution < 1.29 is 18.7 Å². The van der Waals surface area contributed by atoms with E-state index in [0.29, 0.717) is 44.2 Å². The number of pyridine rings is 2. The molecule has 220 valence electrons. The van der Waals surface area contributed by atoms with Crippen LogP contribution in [0.5, 0.6) is 0 Å². The van der Waals surface area contributed by atoms with Gasteiger partial charge in [0.15, 0.2) is 0 Å². The van der Waals surface area contributed by atoms with E-state index in [9.17, 15) is 14.7 Å². The maximum Gasteiger partial charge on any atom is 0.341 e. The molecule has 2 fully saturated rings. The lowest BCUT2D eigenvalue weighted by Gasteiger charge is -2.37. The Kier molecular flexibility index (Phi) is 7.73. The number of fused-ring (bicyclic) bond motifs is 1. The average molecular weight is 605 g/mol. The number of hydrogen-bond donors (Lipinski definition) is 1. The van der Waals surface area contributed by atoms with Crippen LogP contribution in [0.4, 0.5) is 26.0 Å². The second kappa shape index (κ2) is 11.6. The van der Waals surface area contributed by atoms with Gasteiger partial charge in [0.1, 0.15) is 23.0 Å². The summed E-state index contributed by atoms with van der Waals surface area (Å²) in [5.74, 6) is -2.22. The van der Waals surface area contributed by atoms with Gasteiger partial charge in [0.2, 0.25) is 11.1 Å². The first-order valence-electron chi connectivity index (χ1n) is 13.9. The number of piperazine rings is 1. The summed E-state index contributed by atoms with van der Waals surface area (Å²) in [5.41, 5.74) is -0.262. The topological polar surface area (TPSA) is 86.3 Å². The second-order valence-corrected chi connectivity index (χ2v) is 11.1. The van der Waals surface area contributed by atoms with E-state index in [4.69, 9.17) is 18.2 Å². The number of carbonyl (C=O) groups is 1. The van der Waals surface area contributed by atoms with Crippen molar-refractivity contribution in [2.24, 2.45) is 0 Å². The third-order valence-corrected chi connectivity index (χ3v) is 8.40. The quantitative estimate of drug-likeness (QED) is 0.291. The Morgan fingerprint density at radius 1 is 1.00 bits per heavy atom. The van der Waals surface area contributed by atoms with Crippen LogP contribution in [0.25, 0.3) is 21.4 Å². The molecule has 6 rings (SSSR count). The van der Waals surface area contributed by atoms with E-state index in [-0.39, 0.29) is 27.3 Å². The smallest absolute Gasteiger partial charge is 0.341 e. The number of carboxylic acids is 1. The molecule has 2 saturated heterocycles. The molecule has 2 aromatic heterocycles. The minimum Gasteiger partial charge on any atom is -0.477 e. The third-order valence-electron chi connectivity index (χ3n) is 8.04. The summed E-state index contributed by atoms with van der Waals surface area (Å²) in [6.45, 7) is 11.3. The van der Waals surface area contributed by atoms with Crippen LogP contribution in [0.15, 0.2) is 53.6 Å². The molecule has 9 nitrogen and oxygen atoms in total. The number of rotatable bonds is 6. The highest BCUT2D eigenvalue weighted by Gasteiger charge is 2.28. The summed E-state index contributed by atoms with van der Waals surface area (Å²) < 4.78 is 32.6.